The van der Waals surface area contributed by atoms with Gasteiger partial charge in [0.25, 0.3) is 0 Å². The minimum Gasteiger partial charge on any atom is -0.508 e. The topological polar surface area (TPSA) is 36.4 Å². The highest BCUT2D eigenvalue weighted by molar-refractivity contribution is 7.07. The van der Waals surface area contributed by atoms with Crippen LogP contribution in [0.25, 0.3) is 0 Å². The lowest BCUT2D eigenvalue weighted by molar-refractivity contribution is 0.131. The van der Waals surface area contributed by atoms with Crippen LogP contribution in [-0.4, -0.2) is 27.6 Å². The first-order valence-corrected chi connectivity index (χ1v) is 8.64. The molecule has 1 N–H and O–H groups in total. The van der Waals surface area contributed by atoms with Crippen LogP contribution < -0.4 is 0 Å². The van der Waals surface area contributed by atoms with Crippen molar-refractivity contribution in [2.24, 2.45) is 0 Å². The second kappa shape index (κ2) is 7.05. The summed E-state index contributed by atoms with van der Waals surface area (Å²) in [6.07, 6.45) is 6.21. The van der Waals surface area contributed by atoms with Crippen LogP contribution in [0.3, 0.4) is 0 Å². The van der Waals surface area contributed by atoms with Gasteiger partial charge in [-0.3, -0.25) is 4.90 Å². The van der Waals surface area contributed by atoms with Gasteiger partial charge < -0.3 is 5.11 Å². The molecule has 0 bridgehead atoms. The summed E-state index contributed by atoms with van der Waals surface area (Å²) in [5.74, 6) is 0.349. The number of aryl methyl sites for hydroxylation is 1. The maximum absolute atomic E-state index is 9.35. The molecule has 0 saturated carbocycles. The fourth-order valence-corrected chi connectivity index (χ4v) is 3.66. The molecular weight excluding hydrogens is 280 g/mol. The van der Waals surface area contributed by atoms with Crippen molar-refractivity contribution in [2.75, 3.05) is 6.54 Å². The molecule has 1 saturated heterocycles. The van der Waals surface area contributed by atoms with E-state index in [1.807, 2.05) is 17.6 Å². The fraction of sp³-hybridized carbons (Fsp3) is 0.471. The zero-order chi connectivity index (χ0) is 14.5. The molecule has 1 aromatic carbocycles. The lowest BCUT2D eigenvalue weighted by Gasteiger charge is -2.35. The fourth-order valence-electron chi connectivity index (χ4n) is 3.11. The van der Waals surface area contributed by atoms with Crippen LogP contribution in [0.2, 0.25) is 0 Å². The number of hydrogen-bond donors (Lipinski definition) is 1. The SMILES string of the molecule is Oc1ccc(CCC2CCCCN2Cc2cscn2)cc1. The van der Waals surface area contributed by atoms with Crippen LogP contribution in [0.5, 0.6) is 5.75 Å². The van der Waals surface area contributed by atoms with E-state index in [4.69, 9.17) is 0 Å². The third-order valence-corrected chi connectivity index (χ3v) is 4.94. The van der Waals surface area contributed by atoms with Crippen molar-refractivity contribution in [3.05, 3.63) is 46.4 Å². The van der Waals surface area contributed by atoms with Crippen molar-refractivity contribution in [2.45, 2.75) is 44.7 Å². The molecule has 112 valence electrons. The average Bonchev–Trinajstić information content (AvgIpc) is 3.01. The summed E-state index contributed by atoms with van der Waals surface area (Å²) >= 11 is 1.68. The number of piperidine rings is 1. The second-order valence-electron chi connectivity index (χ2n) is 5.80. The van der Waals surface area contributed by atoms with Gasteiger partial charge in [0.1, 0.15) is 5.75 Å². The zero-order valence-electron chi connectivity index (χ0n) is 12.2. The molecule has 0 radical (unpaired) electrons. The highest BCUT2D eigenvalue weighted by Gasteiger charge is 2.22. The van der Waals surface area contributed by atoms with E-state index in [1.54, 1.807) is 23.5 Å². The smallest absolute Gasteiger partial charge is 0.115 e. The Morgan fingerprint density at radius 2 is 2.10 bits per heavy atom. The maximum atomic E-state index is 9.35. The van der Waals surface area contributed by atoms with Gasteiger partial charge in [-0.25, -0.2) is 4.98 Å². The number of hydrogen-bond acceptors (Lipinski definition) is 4. The first-order chi connectivity index (χ1) is 10.3. The Kier molecular flexibility index (Phi) is 4.88. The summed E-state index contributed by atoms with van der Waals surface area (Å²) in [6, 6.07) is 8.28. The first-order valence-electron chi connectivity index (χ1n) is 7.70. The van der Waals surface area contributed by atoms with Gasteiger partial charge in [0.15, 0.2) is 0 Å². The molecule has 3 rings (SSSR count). The third-order valence-electron chi connectivity index (χ3n) is 4.30. The van der Waals surface area contributed by atoms with Crippen LogP contribution in [0.15, 0.2) is 35.2 Å². The van der Waals surface area contributed by atoms with Gasteiger partial charge in [-0.05, 0) is 49.9 Å². The summed E-state index contributed by atoms with van der Waals surface area (Å²) < 4.78 is 0. The molecule has 2 heterocycles. The van der Waals surface area contributed by atoms with Gasteiger partial charge in [-0.15, -0.1) is 11.3 Å². The van der Waals surface area contributed by atoms with Crippen molar-refractivity contribution in [3.8, 4) is 5.75 Å². The van der Waals surface area contributed by atoms with Gasteiger partial charge in [-0.1, -0.05) is 18.6 Å². The molecule has 1 aliphatic rings. The number of rotatable bonds is 5. The third kappa shape index (κ3) is 4.05. The Bertz CT molecular complexity index is 538. The van der Waals surface area contributed by atoms with Crippen LogP contribution in [0, 0.1) is 0 Å². The molecule has 21 heavy (non-hydrogen) atoms. The van der Waals surface area contributed by atoms with Crippen molar-refractivity contribution >= 4 is 11.3 Å². The Hall–Kier alpha value is -1.39. The van der Waals surface area contributed by atoms with E-state index >= 15 is 0 Å². The second-order valence-corrected chi connectivity index (χ2v) is 6.52. The van der Waals surface area contributed by atoms with Crippen molar-refractivity contribution < 1.29 is 5.11 Å². The summed E-state index contributed by atoms with van der Waals surface area (Å²) in [5.41, 5.74) is 4.44. The summed E-state index contributed by atoms with van der Waals surface area (Å²) in [4.78, 5) is 7.02. The standard InChI is InChI=1S/C17H22N2OS/c20-17-8-5-14(6-9-17)4-7-16-3-1-2-10-19(16)11-15-12-21-13-18-15/h5-6,8-9,12-13,16,20H,1-4,7,10-11H2. The quantitative estimate of drug-likeness (QED) is 0.911. The average molecular weight is 302 g/mol. The minimum atomic E-state index is 0.349. The molecule has 3 nitrogen and oxygen atoms in total. The number of likely N-dealkylation sites (tertiary alicyclic amines) is 1. The monoisotopic (exact) mass is 302 g/mol. The lowest BCUT2D eigenvalue weighted by Crippen LogP contribution is -2.39. The maximum Gasteiger partial charge on any atom is 0.115 e. The number of aromatic hydroxyl groups is 1. The molecular formula is C17H22N2OS. The van der Waals surface area contributed by atoms with E-state index in [9.17, 15) is 5.11 Å². The van der Waals surface area contributed by atoms with Gasteiger partial charge in [0, 0.05) is 18.0 Å². The summed E-state index contributed by atoms with van der Waals surface area (Å²) in [5, 5.41) is 11.5. The van der Waals surface area contributed by atoms with Crippen molar-refractivity contribution in [1.29, 1.82) is 0 Å². The van der Waals surface area contributed by atoms with Crippen LogP contribution in [0.4, 0.5) is 0 Å². The first kappa shape index (κ1) is 14.5. The molecule has 0 aliphatic carbocycles. The van der Waals surface area contributed by atoms with E-state index in [0.29, 0.717) is 11.8 Å². The normalized spacial score (nSPS) is 19.7. The number of benzene rings is 1. The molecule has 0 amide bonds. The number of nitrogens with zero attached hydrogens (tertiary/aromatic N) is 2. The van der Waals surface area contributed by atoms with E-state index in [2.05, 4.69) is 15.3 Å². The highest BCUT2D eigenvalue weighted by atomic mass is 32.1. The van der Waals surface area contributed by atoms with Crippen molar-refractivity contribution in [1.82, 2.24) is 9.88 Å². The van der Waals surface area contributed by atoms with Gasteiger partial charge in [-0.2, -0.15) is 0 Å². The number of phenolic OH excluding ortho intramolecular Hbond substituents is 1. The van der Waals surface area contributed by atoms with Crippen molar-refractivity contribution in [3.63, 3.8) is 0 Å². The molecule has 1 aliphatic heterocycles. The minimum absolute atomic E-state index is 0.349. The number of phenols is 1. The molecule has 1 aromatic heterocycles. The lowest BCUT2D eigenvalue weighted by atomic mass is 9.95. The van der Waals surface area contributed by atoms with Crippen LogP contribution in [0.1, 0.15) is 36.9 Å². The van der Waals surface area contributed by atoms with E-state index in [-0.39, 0.29) is 0 Å². The van der Waals surface area contributed by atoms with E-state index in [1.165, 1.54) is 43.5 Å². The molecule has 1 unspecified atom stereocenters. The number of aromatic nitrogens is 1. The van der Waals surface area contributed by atoms with E-state index < -0.39 is 0 Å². The highest BCUT2D eigenvalue weighted by Crippen LogP contribution is 2.23. The Labute approximate surface area is 130 Å². The van der Waals surface area contributed by atoms with Gasteiger partial charge in [0.05, 0.1) is 11.2 Å². The summed E-state index contributed by atoms with van der Waals surface area (Å²) in [6.45, 7) is 2.18. The number of thiazole rings is 1. The molecule has 1 atom stereocenters. The molecule has 4 heteroatoms. The molecule has 1 fully saturated rings. The Morgan fingerprint density at radius 1 is 1.24 bits per heavy atom. The van der Waals surface area contributed by atoms with Crippen LogP contribution in [-0.2, 0) is 13.0 Å². The summed E-state index contributed by atoms with van der Waals surface area (Å²) in [7, 11) is 0. The molecule has 2 aromatic rings. The van der Waals surface area contributed by atoms with Crippen LogP contribution >= 0.6 is 11.3 Å². The molecule has 0 spiro atoms. The Balaban J connectivity index is 1.57. The largest absolute Gasteiger partial charge is 0.508 e. The van der Waals surface area contributed by atoms with E-state index in [0.717, 1.165) is 13.0 Å². The zero-order valence-corrected chi connectivity index (χ0v) is 13.1. The predicted molar refractivity (Wildman–Crippen MR) is 86.6 cm³/mol. The predicted octanol–water partition coefficient (Wildman–Crippen LogP) is 3.84. The van der Waals surface area contributed by atoms with Gasteiger partial charge in [0.2, 0.25) is 0 Å². The Morgan fingerprint density at radius 3 is 2.86 bits per heavy atom. The van der Waals surface area contributed by atoms with Gasteiger partial charge >= 0.3 is 0 Å².